The number of esters is 1. The van der Waals surface area contributed by atoms with Crippen molar-refractivity contribution in [3.63, 3.8) is 0 Å². The van der Waals surface area contributed by atoms with Crippen LogP contribution in [0.15, 0.2) is 0 Å². The van der Waals surface area contributed by atoms with E-state index in [1.807, 2.05) is 0 Å². The molecule has 0 aromatic carbocycles. The first-order chi connectivity index (χ1) is 17.9. The summed E-state index contributed by atoms with van der Waals surface area (Å²) in [5.41, 5.74) is 0. The van der Waals surface area contributed by atoms with E-state index in [2.05, 4.69) is 6.92 Å². The van der Waals surface area contributed by atoms with Crippen LogP contribution in [0.1, 0.15) is 148 Å². The van der Waals surface area contributed by atoms with Crippen LogP contribution in [0.5, 0.6) is 0 Å². The lowest BCUT2D eigenvalue weighted by Gasteiger charge is -2.18. The van der Waals surface area contributed by atoms with Gasteiger partial charge in [0, 0.05) is 33.8 Å². The van der Waals surface area contributed by atoms with Crippen molar-refractivity contribution >= 4 is 64.0 Å². The first-order valence-electron chi connectivity index (χ1n) is 15.2. The Balaban J connectivity index is 3.52. The van der Waals surface area contributed by atoms with Crippen molar-refractivity contribution in [1.82, 2.24) is 0 Å². The van der Waals surface area contributed by atoms with E-state index in [1.165, 1.54) is 70.6 Å². The normalized spacial score (nSPS) is 14.9. The topological polar surface area (TPSA) is 26.3 Å². The molecule has 0 aliphatic heterocycles. The zero-order valence-electron chi connectivity index (χ0n) is 23.5. The summed E-state index contributed by atoms with van der Waals surface area (Å²) in [7, 11) is 0. The number of ether oxygens (including phenoxy) is 1. The summed E-state index contributed by atoms with van der Waals surface area (Å²) in [5.74, 6) is 0.511. The molecule has 0 amide bonds. The second-order valence-corrected chi connectivity index (χ2v) is 13.3. The van der Waals surface area contributed by atoms with Crippen molar-refractivity contribution in [2.45, 2.75) is 170 Å². The molecule has 0 bridgehead atoms. The summed E-state index contributed by atoms with van der Waals surface area (Å²) in [6.45, 7) is 2.72. The van der Waals surface area contributed by atoms with Gasteiger partial charge in [0.15, 0.2) is 0 Å². The standard InChI is InChI=1S/C30H55Cl5O2/c1-2-3-4-5-6-7-8-9-10-11-12-13-14-20-30(36)37-25-16-18-26(32)21-22-29(35)28(34)19-15-17-27(33)23-24-31/h26-29H,2-25H2,1H3. The fraction of sp³-hybridized carbons (Fsp3) is 0.967. The van der Waals surface area contributed by atoms with Gasteiger partial charge in [0.1, 0.15) is 0 Å². The highest BCUT2D eigenvalue weighted by atomic mass is 35.5. The SMILES string of the molecule is CCCCCCCCCCCCCCCC(=O)OCCCC(Cl)CCC(Cl)C(Cl)CCCC(Cl)CCCl. The number of carbonyl (C=O) groups is 1. The average molecular weight is 625 g/mol. The van der Waals surface area contributed by atoms with Gasteiger partial charge in [-0.25, -0.2) is 0 Å². The van der Waals surface area contributed by atoms with Gasteiger partial charge in [0.05, 0.1) is 6.61 Å². The first kappa shape index (κ1) is 37.9. The maximum Gasteiger partial charge on any atom is 0.305 e. The van der Waals surface area contributed by atoms with Gasteiger partial charge in [-0.2, -0.15) is 0 Å². The Morgan fingerprint density at radius 1 is 0.568 bits per heavy atom. The van der Waals surface area contributed by atoms with Crippen LogP contribution in [-0.2, 0) is 9.53 Å². The van der Waals surface area contributed by atoms with Crippen LogP contribution in [-0.4, -0.2) is 40.0 Å². The van der Waals surface area contributed by atoms with E-state index >= 15 is 0 Å². The molecule has 7 heteroatoms. The summed E-state index contributed by atoms with van der Waals surface area (Å²) >= 11 is 31.3. The number of unbranched alkanes of at least 4 members (excludes halogenated alkanes) is 12. The van der Waals surface area contributed by atoms with Crippen molar-refractivity contribution in [1.29, 1.82) is 0 Å². The summed E-state index contributed by atoms with van der Waals surface area (Å²) in [6.07, 6.45) is 24.3. The van der Waals surface area contributed by atoms with Crippen molar-refractivity contribution in [2.24, 2.45) is 0 Å². The number of halogens is 5. The van der Waals surface area contributed by atoms with E-state index in [0.717, 1.165) is 64.2 Å². The molecule has 2 nitrogen and oxygen atoms in total. The molecule has 0 saturated carbocycles. The molecule has 0 saturated heterocycles. The molecule has 0 aromatic rings. The fourth-order valence-electron chi connectivity index (χ4n) is 4.49. The Labute approximate surface area is 254 Å². The molecule has 0 aliphatic carbocycles. The second kappa shape index (κ2) is 28.4. The molecule has 0 heterocycles. The molecule has 0 radical (unpaired) electrons. The van der Waals surface area contributed by atoms with Gasteiger partial charge in [-0.3, -0.25) is 4.79 Å². The summed E-state index contributed by atoms with van der Waals surface area (Å²) in [4.78, 5) is 11.9. The number of carbonyl (C=O) groups excluding carboxylic acids is 1. The van der Waals surface area contributed by atoms with Gasteiger partial charge >= 0.3 is 5.97 Å². The van der Waals surface area contributed by atoms with Gasteiger partial charge < -0.3 is 4.74 Å². The van der Waals surface area contributed by atoms with Gasteiger partial charge in [-0.15, -0.1) is 58.0 Å². The zero-order valence-corrected chi connectivity index (χ0v) is 27.3. The van der Waals surface area contributed by atoms with E-state index in [0.29, 0.717) is 18.9 Å². The molecule has 222 valence electrons. The minimum atomic E-state index is -0.0946. The van der Waals surface area contributed by atoms with E-state index in [9.17, 15) is 4.79 Å². The maximum absolute atomic E-state index is 11.9. The van der Waals surface area contributed by atoms with Gasteiger partial charge in [0.2, 0.25) is 0 Å². The van der Waals surface area contributed by atoms with E-state index < -0.39 is 0 Å². The third kappa shape index (κ3) is 26.9. The molecule has 37 heavy (non-hydrogen) atoms. The maximum atomic E-state index is 11.9. The van der Waals surface area contributed by atoms with Crippen LogP contribution in [0.4, 0.5) is 0 Å². The van der Waals surface area contributed by atoms with E-state index in [4.69, 9.17) is 62.7 Å². The molecule has 0 aliphatic rings. The number of alkyl halides is 5. The number of rotatable bonds is 28. The van der Waals surface area contributed by atoms with Gasteiger partial charge in [-0.05, 0) is 51.4 Å². The average Bonchev–Trinajstić information content (AvgIpc) is 2.88. The monoisotopic (exact) mass is 622 g/mol. The smallest absolute Gasteiger partial charge is 0.305 e. The lowest BCUT2D eigenvalue weighted by atomic mass is 10.0. The Hall–Kier alpha value is 0.920. The molecular formula is C30H55Cl5O2. The second-order valence-electron chi connectivity index (χ2n) is 10.6. The number of hydrogen-bond acceptors (Lipinski definition) is 2. The summed E-state index contributed by atoms with van der Waals surface area (Å²) in [5, 5.41) is -0.0222. The largest absolute Gasteiger partial charge is 0.466 e. The zero-order chi connectivity index (χ0) is 27.6. The van der Waals surface area contributed by atoms with Crippen molar-refractivity contribution in [3.05, 3.63) is 0 Å². The van der Waals surface area contributed by atoms with Crippen LogP contribution in [0.2, 0.25) is 0 Å². The third-order valence-electron chi connectivity index (χ3n) is 6.98. The van der Waals surface area contributed by atoms with Crippen molar-refractivity contribution in [3.8, 4) is 0 Å². The van der Waals surface area contributed by atoms with Crippen molar-refractivity contribution in [2.75, 3.05) is 12.5 Å². The summed E-state index contributed by atoms with van der Waals surface area (Å²) in [6, 6.07) is 0. The van der Waals surface area contributed by atoms with Crippen LogP contribution in [0, 0.1) is 0 Å². The van der Waals surface area contributed by atoms with Crippen LogP contribution >= 0.6 is 58.0 Å². The number of hydrogen-bond donors (Lipinski definition) is 0. The first-order valence-corrected chi connectivity index (χ1v) is 17.5. The highest BCUT2D eigenvalue weighted by Crippen LogP contribution is 2.25. The minimum absolute atomic E-state index is 0.0285. The van der Waals surface area contributed by atoms with Crippen LogP contribution < -0.4 is 0 Å². The minimum Gasteiger partial charge on any atom is -0.466 e. The van der Waals surface area contributed by atoms with Crippen LogP contribution in [0.25, 0.3) is 0 Å². The molecule has 0 N–H and O–H groups in total. The molecule has 0 fully saturated rings. The Morgan fingerprint density at radius 2 is 1.05 bits per heavy atom. The predicted octanol–water partition coefficient (Wildman–Crippen LogP) is 11.8. The molecule has 0 rings (SSSR count). The molecule has 4 atom stereocenters. The lowest BCUT2D eigenvalue weighted by molar-refractivity contribution is -0.143. The fourth-order valence-corrected chi connectivity index (χ4v) is 5.94. The van der Waals surface area contributed by atoms with Gasteiger partial charge in [-0.1, -0.05) is 90.4 Å². The quantitative estimate of drug-likeness (QED) is 0.0492. The molecule has 0 aromatic heterocycles. The third-order valence-corrected chi connectivity index (χ3v) is 9.24. The molecule has 4 unspecified atom stereocenters. The van der Waals surface area contributed by atoms with Gasteiger partial charge in [0.25, 0.3) is 0 Å². The van der Waals surface area contributed by atoms with E-state index in [-0.39, 0.29) is 27.5 Å². The van der Waals surface area contributed by atoms with Crippen molar-refractivity contribution < 1.29 is 9.53 Å². The Kier molecular flexibility index (Phi) is 29.2. The molecule has 0 spiro atoms. The summed E-state index contributed by atoms with van der Waals surface area (Å²) < 4.78 is 5.38. The molecular weight excluding hydrogens is 570 g/mol. The predicted molar refractivity (Wildman–Crippen MR) is 167 cm³/mol. The highest BCUT2D eigenvalue weighted by Gasteiger charge is 2.18. The Morgan fingerprint density at radius 3 is 1.62 bits per heavy atom. The lowest BCUT2D eigenvalue weighted by Crippen LogP contribution is -2.17. The van der Waals surface area contributed by atoms with Crippen LogP contribution in [0.3, 0.4) is 0 Å². The Bertz CT molecular complexity index is 495. The van der Waals surface area contributed by atoms with E-state index in [1.54, 1.807) is 0 Å². The highest BCUT2D eigenvalue weighted by molar-refractivity contribution is 6.30.